The molecule has 3 rings (SSSR count). The van der Waals surface area contributed by atoms with Crippen molar-refractivity contribution in [2.75, 3.05) is 26.8 Å². The molecule has 6 heteroatoms. The number of para-hydroxylation sites is 1. The van der Waals surface area contributed by atoms with Gasteiger partial charge in [-0.3, -0.25) is 9.59 Å². The SMILES string of the molecule is COCCNC(=O)c1cccc(C(=O)NCCc2c[nH]c3ccccc23)c1. The van der Waals surface area contributed by atoms with E-state index in [1.807, 2.05) is 24.4 Å². The lowest BCUT2D eigenvalue weighted by molar-refractivity contribution is 0.0937. The van der Waals surface area contributed by atoms with E-state index in [4.69, 9.17) is 4.74 Å². The number of carbonyl (C=O) groups is 2. The van der Waals surface area contributed by atoms with Crippen LogP contribution in [-0.4, -0.2) is 43.6 Å². The molecular weight excluding hydrogens is 342 g/mol. The number of ether oxygens (including phenoxy) is 1. The van der Waals surface area contributed by atoms with Gasteiger partial charge in [0.05, 0.1) is 6.61 Å². The van der Waals surface area contributed by atoms with Gasteiger partial charge in [-0.25, -0.2) is 0 Å². The van der Waals surface area contributed by atoms with Crippen molar-refractivity contribution in [3.63, 3.8) is 0 Å². The summed E-state index contributed by atoms with van der Waals surface area (Å²) in [6.45, 7) is 1.39. The summed E-state index contributed by atoms with van der Waals surface area (Å²) in [6, 6.07) is 14.8. The van der Waals surface area contributed by atoms with Crippen molar-refractivity contribution in [1.29, 1.82) is 0 Å². The molecule has 2 amide bonds. The number of nitrogens with one attached hydrogen (secondary N) is 3. The maximum Gasteiger partial charge on any atom is 0.251 e. The average molecular weight is 365 g/mol. The number of benzene rings is 2. The smallest absolute Gasteiger partial charge is 0.251 e. The second-order valence-electron chi connectivity index (χ2n) is 6.19. The fourth-order valence-electron chi connectivity index (χ4n) is 2.92. The first-order valence-electron chi connectivity index (χ1n) is 8.89. The molecule has 0 aliphatic rings. The monoisotopic (exact) mass is 365 g/mol. The molecule has 27 heavy (non-hydrogen) atoms. The summed E-state index contributed by atoms with van der Waals surface area (Å²) in [7, 11) is 1.58. The molecule has 1 heterocycles. The van der Waals surface area contributed by atoms with E-state index in [0.717, 1.165) is 17.5 Å². The number of hydrogen-bond donors (Lipinski definition) is 3. The highest BCUT2D eigenvalue weighted by molar-refractivity contribution is 5.99. The van der Waals surface area contributed by atoms with Crippen LogP contribution < -0.4 is 10.6 Å². The molecule has 3 aromatic rings. The van der Waals surface area contributed by atoms with E-state index in [-0.39, 0.29) is 11.8 Å². The van der Waals surface area contributed by atoms with Gasteiger partial charge in [-0.2, -0.15) is 0 Å². The summed E-state index contributed by atoms with van der Waals surface area (Å²) in [5, 5.41) is 6.83. The highest BCUT2D eigenvalue weighted by atomic mass is 16.5. The largest absolute Gasteiger partial charge is 0.383 e. The van der Waals surface area contributed by atoms with Crippen LogP contribution in [0.4, 0.5) is 0 Å². The Morgan fingerprint density at radius 3 is 2.41 bits per heavy atom. The molecule has 0 aliphatic carbocycles. The Morgan fingerprint density at radius 1 is 0.963 bits per heavy atom. The van der Waals surface area contributed by atoms with Crippen LogP contribution in [0.2, 0.25) is 0 Å². The maximum absolute atomic E-state index is 12.4. The van der Waals surface area contributed by atoms with Crippen LogP contribution in [0.15, 0.2) is 54.7 Å². The molecule has 0 fully saturated rings. The fourth-order valence-corrected chi connectivity index (χ4v) is 2.92. The number of aromatic nitrogens is 1. The minimum atomic E-state index is -0.222. The van der Waals surface area contributed by atoms with E-state index in [1.165, 1.54) is 5.39 Å². The topological polar surface area (TPSA) is 83.2 Å². The second kappa shape index (κ2) is 9.00. The normalized spacial score (nSPS) is 10.7. The summed E-state index contributed by atoms with van der Waals surface area (Å²) in [6.07, 6.45) is 2.70. The Morgan fingerprint density at radius 2 is 1.67 bits per heavy atom. The zero-order valence-corrected chi connectivity index (χ0v) is 15.2. The van der Waals surface area contributed by atoms with Crippen LogP contribution in [-0.2, 0) is 11.2 Å². The Hall–Kier alpha value is -3.12. The summed E-state index contributed by atoms with van der Waals surface area (Å²) in [5.74, 6) is -0.415. The quantitative estimate of drug-likeness (QED) is 0.537. The predicted octanol–water partition coefficient (Wildman–Crippen LogP) is 2.52. The van der Waals surface area contributed by atoms with Gasteiger partial charge in [0.1, 0.15) is 0 Å². The summed E-state index contributed by atoms with van der Waals surface area (Å²) < 4.78 is 4.91. The number of amides is 2. The van der Waals surface area contributed by atoms with Crippen molar-refractivity contribution < 1.29 is 14.3 Å². The van der Waals surface area contributed by atoms with Crippen molar-refractivity contribution in [3.05, 3.63) is 71.4 Å². The first kappa shape index (κ1) is 18.7. The lowest BCUT2D eigenvalue weighted by atomic mass is 10.1. The van der Waals surface area contributed by atoms with Crippen LogP contribution in [0.25, 0.3) is 10.9 Å². The first-order chi connectivity index (χ1) is 13.2. The van der Waals surface area contributed by atoms with Gasteiger partial charge in [-0.1, -0.05) is 24.3 Å². The number of hydrogen-bond acceptors (Lipinski definition) is 3. The first-order valence-corrected chi connectivity index (χ1v) is 8.89. The molecule has 0 spiro atoms. The summed E-state index contributed by atoms with van der Waals surface area (Å²) >= 11 is 0. The minimum Gasteiger partial charge on any atom is -0.383 e. The van der Waals surface area contributed by atoms with Crippen molar-refractivity contribution in [3.8, 4) is 0 Å². The Bertz CT molecular complexity index is 933. The van der Waals surface area contributed by atoms with Gasteiger partial charge in [0.2, 0.25) is 0 Å². The van der Waals surface area contributed by atoms with E-state index in [1.54, 1.807) is 31.4 Å². The average Bonchev–Trinajstić information content (AvgIpc) is 3.11. The molecule has 0 saturated carbocycles. The highest BCUT2D eigenvalue weighted by Gasteiger charge is 2.10. The van der Waals surface area contributed by atoms with E-state index in [9.17, 15) is 9.59 Å². The molecule has 6 nitrogen and oxygen atoms in total. The molecule has 3 N–H and O–H groups in total. The number of methoxy groups -OCH3 is 1. The number of rotatable bonds is 8. The van der Waals surface area contributed by atoms with E-state index >= 15 is 0 Å². The molecule has 0 saturated heterocycles. The fraction of sp³-hybridized carbons (Fsp3) is 0.238. The zero-order chi connectivity index (χ0) is 19.1. The lowest BCUT2D eigenvalue weighted by Gasteiger charge is -2.08. The maximum atomic E-state index is 12.4. The molecule has 1 aromatic heterocycles. The van der Waals surface area contributed by atoms with Gasteiger partial charge in [0.15, 0.2) is 0 Å². The van der Waals surface area contributed by atoms with Gasteiger partial charge < -0.3 is 20.4 Å². The molecule has 140 valence electrons. The van der Waals surface area contributed by atoms with Crippen LogP contribution >= 0.6 is 0 Å². The zero-order valence-electron chi connectivity index (χ0n) is 15.2. The molecule has 0 atom stereocenters. The van der Waals surface area contributed by atoms with Crippen molar-refractivity contribution in [2.24, 2.45) is 0 Å². The molecule has 0 aliphatic heterocycles. The highest BCUT2D eigenvalue weighted by Crippen LogP contribution is 2.17. The third-order valence-electron chi connectivity index (χ3n) is 4.33. The molecular formula is C21H23N3O3. The third-order valence-corrected chi connectivity index (χ3v) is 4.33. The van der Waals surface area contributed by atoms with Gasteiger partial charge in [0, 0.05) is 48.4 Å². The number of carbonyl (C=O) groups excluding carboxylic acids is 2. The van der Waals surface area contributed by atoms with Crippen molar-refractivity contribution >= 4 is 22.7 Å². The number of aromatic amines is 1. The Labute approximate surface area is 157 Å². The van der Waals surface area contributed by atoms with E-state index in [0.29, 0.717) is 30.8 Å². The van der Waals surface area contributed by atoms with Crippen molar-refractivity contribution in [2.45, 2.75) is 6.42 Å². The number of H-pyrrole nitrogens is 1. The molecule has 0 radical (unpaired) electrons. The van der Waals surface area contributed by atoms with Crippen LogP contribution in [0.1, 0.15) is 26.3 Å². The standard InChI is InChI=1S/C21H23N3O3/c1-27-12-11-23-21(26)16-6-4-5-15(13-16)20(25)22-10-9-17-14-24-19-8-3-2-7-18(17)19/h2-8,13-14,24H,9-12H2,1H3,(H,22,25)(H,23,26). The Balaban J connectivity index is 1.56. The van der Waals surface area contributed by atoms with Crippen LogP contribution in [0, 0.1) is 0 Å². The molecule has 0 bridgehead atoms. The van der Waals surface area contributed by atoms with Gasteiger partial charge in [-0.05, 0) is 36.2 Å². The van der Waals surface area contributed by atoms with Crippen molar-refractivity contribution in [1.82, 2.24) is 15.6 Å². The molecule has 2 aromatic carbocycles. The van der Waals surface area contributed by atoms with E-state index in [2.05, 4.69) is 21.7 Å². The second-order valence-corrected chi connectivity index (χ2v) is 6.19. The third kappa shape index (κ3) is 4.74. The predicted molar refractivity (Wildman–Crippen MR) is 105 cm³/mol. The number of fused-ring (bicyclic) bond motifs is 1. The van der Waals surface area contributed by atoms with E-state index < -0.39 is 0 Å². The van der Waals surface area contributed by atoms with Gasteiger partial charge in [-0.15, -0.1) is 0 Å². The molecule has 0 unspecified atom stereocenters. The van der Waals surface area contributed by atoms with Gasteiger partial charge in [0.25, 0.3) is 11.8 Å². The van der Waals surface area contributed by atoms with Crippen LogP contribution in [0.5, 0.6) is 0 Å². The minimum absolute atomic E-state index is 0.193. The Kier molecular flexibility index (Phi) is 6.22. The summed E-state index contributed by atoms with van der Waals surface area (Å²) in [5.41, 5.74) is 3.17. The van der Waals surface area contributed by atoms with Gasteiger partial charge >= 0.3 is 0 Å². The van der Waals surface area contributed by atoms with Crippen LogP contribution in [0.3, 0.4) is 0 Å². The lowest BCUT2D eigenvalue weighted by Crippen LogP contribution is -2.28. The summed E-state index contributed by atoms with van der Waals surface area (Å²) in [4.78, 5) is 27.7.